The van der Waals surface area contributed by atoms with Crippen molar-refractivity contribution in [3.05, 3.63) is 64.1 Å². The molecule has 2 amide bonds. The Balaban J connectivity index is 2.17. The summed E-state index contributed by atoms with van der Waals surface area (Å²) in [5, 5.41) is 3.80. The van der Waals surface area contributed by atoms with E-state index in [1.807, 2.05) is 58.0 Å². The van der Waals surface area contributed by atoms with Crippen molar-refractivity contribution < 1.29 is 14.3 Å². The molecule has 31 heavy (non-hydrogen) atoms. The average molecular weight is 465 g/mol. The van der Waals surface area contributed by atoms with E-state index in [-0.39, 0.29) is 18.4 Å². The van der Waals surface area contributed by atoms with Gasteiger partial charge < -0.3 is 15.0 Å². The van der Waals surface area contributed by atoms with Gasteiger partial charge in [0.15, 0.2) is 6.61 Å². The first-order chi connectivity index (χ1) is 14.6. The molecule has 0 aliphatic rings. The number of carbonyl (C=O) groups is 2. The van der Waals surface area contributed by atoms with E-state index in [1.54, 1.807) is 23.1 Å². The Hall–Kier alpha value is -2.24. The van der Waals surface area contributed by atoms with Crippen molar-refractivity contribution in [3.63, 3.8) is 0 Å². The summed E-state index contributed by atoms with van der Waals surface area (Å²) in [6.07, 6.45) is 1.12. The van der Waals surface area contributed by atoms with Gasteiger partial charge in [-0.25, -0.2) is 0 Å². The number of ether oxygens (including phenoxy) is 1. The second kappa shape index (κ2) is 11.4. The highest BCUT2D eigenvalue weighted by molar-refractivity contribution is 6.35. The maximum atomic E-state index is 13.1. The molecular weight excluding hydrogens is 435 g/mol. The van der Waals surface area contributed by atoms with E-state index in [0.29, 0.717) is 35.2 Å². The van der Waals surface area contributed by atoms with Gasteiger partial charge in [-0.3, -0.25) is 9.59 Å². The summed E-state index contributed by atoms with van der Waals surface area (Å²) in [6, 6.07) is 14.1. The van der Waals surface area contributed by atoms with Crippen molar-refractivity contribution >= 4 is 35.0 Å². The zero-order chi connectivity index (χ0) is 23.0. The molecule has 0 saturated heterocycles. The van der Waals surface area contributed by atoms with Gasteiger partial charge in [-0.2, -0.15) is 0 Å². The summed E-state index contributed by atoms with van der Waals surface area (Å²) in [4.78, 5) is 27.7. The second-order valence-corrected chi connectivity index (χ2v) is 9.19. The lowest BCUT2D eigenvalue weighted by Gasteiger charge is -2.33. The number of nitrogens with zero attached hydrogens (tertiary/aromatic N) is 1. The van der Waals surface area contributed by atoms with Gasteiger partial charge in [0.25, 0.3) is 5.91 Å². The molecule has 168 valence electrons. The summed E-state index contributed by atoms with van der Waals surface area (Å²) in [6.45, 7) is 7.82. The Morgan fingerprint density at radius 1 is 1.10 bits per heavy atom. The fourth-order valence-electron chi connectivity index (χ4n) is 3.16. The molecule has 2 aromatic carbocycles. The van der Waals surface area contributed by atoms with Gasteiger partial charge >= 0.3 is 0 Å². The van der Waals surface area contributed by atoms with E-state index >= 15 is 0 Å². The highest BCUT2D eigenvalue weighted by atomic mass is 35.5. The maximum absolute atomic E-state index is 13.1. The van der Waals surface area contributed by atoms with Crippen LogP contribution in [0.25, 0.3) is 0 Å². The molecule has 0 heterocycles. The molecule has 1 unspecified atom stereocenters. The fourth-order valence-corrected chi connectivity index (χ4v) is 3.63. The summed E-state index contributed by atoms with van der Waals surface area (Å²) in [7, 11) is 0. The van der Waals surface area contributed by atoms with Crippen LogP contribution in [0.5, 0.6) is 5.75 Å². The lowest BCUT2D eigenvalue weighted by molar-refractivity contribution is -0.142. The molecule has 2 aromatic rings. The zero-order valence-corrected chi connectivity index (χ0v) is 20.0. The predicted molar refractivity (Wildman–Crippen MR) is 126 cm³/mol. The van der Waals surface area contributed by atoms with Crippen molar-refractivity contribution in [2.24, 2.45) is 0 Å². The van der Waals surface area contributed by atoms with Crippen LogP contribution in [0.1, 0.15) is 39.7 Å². The number of halogens is 2. The third-order valence-electron chi connectivity index (χ3n) is 4.61. The Morgan fingerprint density at radius 2 is 1.77 bits per heavy atom. The van der Waals surface area contributed by atoms with Crippen molar-refractivity contribution in [2.45, 2.75) is 52.1 Å². The molecule has 0 aliphatic heterocycles. The Morgan fingerprint density at radius 3 is 2.35 bits per heavy atom. The van der Waals surface area contributed by atoms with Crippen LogP contribution in [0, 0.1) is 0 Å². The van der Waals surface area contributed by atoms with E-state index in [2.05, 4.69) is 5.32 Å². The van der Waals surface area contributed by atoms with Crippen molar-refractivity contribution in [1.29, 1.82) is 0 Å². The minimum absolute atomic E-state index is 0.180. The third-order valence-corrected chi connectivity index (χ3v) is 5.14. The molecule has 1 N–H and O–H groups in total. The Labute approximate surface area is 194 Å². The summed E-state index contributed by atoms with van der Waals surface area (Å²) < 4.78 is 5.65. The van der Waals surface area contributed by atoms with Gasteiger partial charge in [0.1, 0.15) is 11.8 Å². The third kappa shape index (κ3) is 8.08. The first-order valence-electron chi connectivity index (χ1n) is 10.3. The van der Waals surface area contributed by atoms with E-state index in [1.165, 1.54) is 0 Å². The van der Waals surface area contributed by atoms with Gasteiger partial charge in [-0.15, -0.1) is 0 Å². The molecule has 0 spiro atoms. The smallest absolute Gasteiger partial charge is 0.261 e. The van der Waals surface area contributed by atoms with E-state index < -0.39 is 11.6 Å². The first kappa shape index (κ1) is 25.0. The molecule has 7 heteroatoms. The van der Waals surface area contributed by atoms with Gasteiger partial charge in [0.2, 0.25) is 5.91 Å². The van der Waals surface area contributed by atoms with Crippen LogP contribution in [0.4, 0.5) is 0 Å². The number of hydrogen-bond acceptors (Lipinski definition) is 3. The van der Waals surface area contributed by atoms with Crippen LogP contribution in [-0.2, 0) is 16.0 Å². The topological polar surface area (TPSA) is 58.6 Å². The minimum Gasteiger partial charge on any atom is -0.482 e. The van der Waals surface area contributed by atoms with Crippen LogP contribution in [-0.4, -0.2) is 41.4 Å². The van der Waals surface area contributed by atoms with Crippen molar-refractivity contribution in [1.82, 2.24) is 10.2 Å². The lowest BCUT2D eigenvalue weighted by atomic mass is 10.1. The molecular formula is C24H30Cl2N2O3. The SMILES string of the molecule is CCC(C(=O)NC(C)(C)C)N(CCc1ccccc1)C(=O)COc1ccc(Cl)cc1Cl. The summed E-state index contributed by atoms with van der Waals surface area (Å²) in [5.74, 6) is -0.0894. The molecule has 0 fully saturated rings. The Bertz CT molecular complexity index is 882. The number of rotatable bonds is 9. The Kier molecular flexibility index (Phi) is 9.20. The summed E-state index contributed by atoms with van der Waals surface area (Å²) in [5.41, 5.74) is 0.694. The van der Waals surface area contributed by atoms with E-state index in [9.17, 15) is 9.59 Å². The number of benzene rings is 2. The fraction of sp³-hybridized carbons (Fsp3) is 0.417. The largest absolute Gasteiger partial charge is 0.482 e. The van der Waals surface area contributed by atoms with Gasteiger partial charge in [-0.05, 0) is 57.4 Å². The van der Waals surface area contributed by atoms with Gasteiger partial charge in [0.05, 0.1) is 5.02 Å². The van der Waals surface area contributed by atoms with Crippen LogP contribution in [0.15, 0.2) is 48.5 Å². The standard InChI is InChI=1S/C24H30Cl2N2O3/c1-5-20(23(30)27-24(2,3)4)28(14-13-17-9-7-6-8-10-17)22(29)16-31-21-12-11-18(25)15-19(21)26/h6-12,15,20H,5,13-14,16H2,1-4H3,(H,27,30). The highest BCUT2D eigenvalue weighted by Crippen LogP contribution is 2.27. The average Bonchev–Trinajstić information content (AvgIpc) is 2.69. The van der Waals surface area contributed by atoms with Gasteiger partial charge in [0, 0.05) is 17.1 Å². The number of carbonyl (C=O) groups excluding carboxylic acids is 2. The first-order valence-corrected chi connectivity index (χ1v) is 11.1. The molecule has 0 aromatic heterocycles. The molecule has 2 rings (SSSR count). The van der Waals surface area contributed by atoms with Crippen molar-refractivity contribution in [2.75, 3.05) is 13.2 Å². The molecule has 0 saturated carbocycles. The van der Waals surface area contributed by atoms with Crippen LogP contribution in [0.2, 0.25) is 10.0 Å². The quantitative estimate of drug-likeness (QED) is 0.558. The van der Waals surface area contributed by atoms with Crippen LogP contribution < -0.4 is 10.1 Å². The normalized spacial score (nSPS) is 12.2. The molecule has 0 bridgehead atoms. The second-order valence-electron chi connectivity index (χ2n) is 8.35. The molecule has 0 radical (unpaired) electrons. The molecule has 0 aliphatic carbocycles. The predicted octanol–water partition coefficient (Wildman–Crippen LogP) is 5.14. The number of amides is 2. The van der Waals surface area contributed by atoms with Crippen molar-refractivity contribution in [3.8, 4) is 5.75 Å². The lowest BCUT2D eigenvalue weighted by Crippen LogP contribution is -2.54. The molecule has 5 nitrogen and oxygen atoms in total. The maximum Gasteiger partial charge on any atom is 0.261 e. The van der Waals surface area contributed by atoms with Crippen LogP contribution in [0.3, 0.4) is 0 Å². The highest BCUT2D eigenvalue weighted by Gasteiger charge is 2.30. The zero-order valence-electron chi connectivity index (χ0n) is 18.5. The molecule has 1 atom stereocenters. The van der Waals surface area contributed by atoms with E-state index in [0.717, 1.165) is 5.56 Å². The summed E-state index contributed by atoms with van der Waals surface area (Å²) >= 11 is 12.1. The monoisotopic (exact) mass is 464 g/mol. The number of hydrogen-bond donors (Lipinski definition) is 1. The minimum atomic E-state index is -0.597. The van der Waals surface area contributed by atoms with Gasteiger partial charge in [-0.1, -0.05) is 60.5 Å². The van der Waals surface area contributed by atoms with E-state index in [4.69, 9.17) is 27.9 Å². The van der Waals surface area contributed by atoms with Crippen LogP contribution >= 0.6 is 23.2 Å². The number of nitrogens with one attached hydrogen (secondary N) is 1.